The van der Waals surface area contributed by atoms with Crippen molar-refractivity contribution in [3.05, 3.63) is 89.5 Å². The van der Waals surface area contributed by atoms with Gasteiger partial charge in [0.05, 0.1) is 0 Å². The summed E-state index contributed by atoms with van der Waals surface area (Å²) >= 11 is 0. The van der Waals surface area contributed by atoms with Gasteiger partial charge in [-0.2, -0.15) is 0 Å². The summed E-state index contributed by atoms with van der Waals surface area (Å²) in [4.78, 5) is 25.7. The number of allylic oxidation sites excluding steroid dienone is 3. The van der Waals surface area contributed by atoms with Crippen LogP contribution >= 0.6 is 0 Å². The van der Waals surface area contributed by atoms with Crippen molar-refractivity contribution in [1.82, 2.24) is 0 Å². The number of benzene rings is 2. The monoisotopic (exact) mass is 374 g/mol. The maximum Gasteiger partial charge on any atom is 0.318 e. The van der Waals surface area contributed by atoms with Crippen molar-refractivity contribution in [2.45, 2.75) is 38.7 Å². The minimum Gasteiger partial charge on any atom is -0.459 e. The van der Waals surface area contributed by atoms with Gasteiger partial charge in [-0.3, -0.25) is 9.59 Å². The summed E-state index contributed by atoms with van der Waals surface area (Å²) in [6.07, 6.45) is 6.17. The lowest BCUT2D eigenvalue weighted by Gasteiger charge is -2.31. The highest BCUT2D eigenvalue weighted by Gasteiger charge is 2.40. The van der Waals surface area contributed by atoms with E-state index in [9.17, 15) is 9.59 Å². The summed E-state index contributed by atoms with van der Waals surface area (Å²) in [6, 6.07) is 19.7. The van der Waals surface area contributed by atoms with Gasteiger partial charge < -0.3 is 4.74 Å². The van der Waals surface area contributed by atoms with E-state index >= 15 is 0 Å². The van der Waals surface area contributed by atoms with Crippen LogP contribution in [0.5, 0.6) is 0 Å². The molecule has 0 aromatic heterocycles. The van der Waals surface area contributed by atoms with Crippen LogP contribution in [0.4, 0.5) is 0 Å². The Balaban J connectivity index is 1.91. The predicted octanol–water partition coefficient (Wildman–Crippen LogP) is 5.34. The molecule has 2 aromatic carbocycles. The normalized spacial score (nSPS) is 20.1. The number of esters is 1. The van der Waals surface area contributed by atoms with E-state index in [1.165, 1.54) is 0 Å². The molecule has 0 bridgehead atoms. The summed E-state index contributed by atoms with van der Waals surface area (Å²) in [5.74, 6) is -1.68. The molecule has 0 aliphatic heterocycles. The number of carbonyl (C=O) groups excluding carboxylic acids is 2. The van der Waals surface area contributed by atoms with Crippen molar-refractivity contribution in [1.29, 1.82) is 0 Å². The van der Waals surface area contributed by atoms with Gasteiger partial charge in [-0.1, -0.05) is 72.8 Å². The Hall–Kier alpha value is -2.94. The van der Waals surface area contributed by atoms with Crippen LogP contribution in [0.3, 0.4) is 0 Å². The molecule has 0 amide bonds. The number of hydrogen-bond donors (Lipinski definition) is 0. The lowest BCUT2D eigenvalue weighted by molar-refractivity contribution is -0.162. The second-order valence-corrected chi connectivity index (χ2v) is 8.10. The van der Waals surface area contributed by atoms with E-state index in [0.29, 0.717) is 6.42 Å². The number of hydrogen-bond acceptors (Lipinski definition) is 3. The van der Waals surface area contributed by atoms with E-state index < -0.39 is 17.5 Å². The molecule has 28 heavy (non-hydrogen) atoms. The average Bonchev–Trinajstić information content (AvgIpc) is 2.66. The van der Waals surface area contributed by atoms with Crippen molar-refractivity contribution in [3.63, 3.8) is 0 Å². The van der Waals surface area contributed by atoms with E-state index in [-0.39, 0.29) is 11.7 Å². The third-order valence-corrected chi connectivity index (χ3v) is 4.67. The molecule has 0 spiro atoms. The fourth-order valence-electron chi connectivity index (χ4n) is 3.44. The van der Waals surface area contributed by atoms with E-state index in [2.05, 4.69) is 0 Å². The molecule has 144 valence electrons. The van der Waals surface area contributed by atoms with Crippen LogP contribution in [-0.2, 0) is 14.3 Å². The zero-order valence-corrected chi connectivity index (χ0v) is 16.6. The van der Waals surface area contributed by atoms with E-state index in [1.807, 2.05) is 93.6 Å². The smallest absolute Gasteiger partial charge is 0.318 e. The lowest BCUT2D eigenvalue weighted by Crippen LogP contribution is -2.37. The molecule has 0 fully saturated rings. The summed E-state index contributed by atoms with van der Waals surface area (Å²) in [5, 5.41) is 0. The molecule has 1 aliphatic carbocycles. The van der Waals surface area contributed by atoms with E-state index in [4.69, 9.17) is 4.74 Å². The first-order valence-electron chi connectivity index (χ1n) is 9.59. The standard InChI is InChI=1S/C25H26O3/c1-25(2,3)28-24(27)23-21(20-12-8-5-9-13-20)16-19(17-22(23)26)15-14-18-10-6-4-7-11-18/h4-15,17,21,23H,16H2,1-3H3/b15-14+/t21-,23-/m0/s1. The van der Waals surface area contributed by atoms with Crippen LogP contribution in [0.2, 0.25) is 0 Å². The molecule has 1 aliphatic rings. The van der Waals surface area contributed by atoms with E-state index in [1.54, 1.807) is 6.08 Å². The molecule has 3 heteroatoms. The molecule has 2 atom stereocenters. The minimum absolute atomic E-state index is 0.193. The second-order valence-electron chi connectivity index (χ2n) is 8.10. The second kappa shape index (κ2) is 8.39. The Bertz CT molecular complexity index is 886. The Morgan fingerprint density at radius 2 is 1.57 bits per heavy atom. The predicted molar refractivity (Wildman–Crippen MR) is 112 cm³/mol. The molecular weight excluding hydrogens is 348 g/mol. The third kappa shape index (κ3) is 5.07. The first-order chi connectivity index (χ1) is 13.3. The zero-order chi connectivity index (χ0) is 20.1. The van der Waals surface area contributed by atoms with Crippen molar-refractivity contribution < 1.29 is 14.3 Å². The van der Waals surface area contributed by atoms with Gasteiger partial charge in [-0.15, -0.1) is 0 Å². The molecule has 0 radical (unpaired) electrons. The number of rotatable bonds is 4. The Labute approximate surface area is 166 Å². The van der Waals surface area contributed by atoms with Crippen LogP contribution in [0.1, 0.15) is 44.2 Å². The first kappa shape index (κ1) is 19.8. The lowest BCUT2D eigenvalue weighted by atomic mass is 9.75. The molecule has 2 aromatic rings. The molecule has 0 heterocycles. The average molecular weight is 374 g/mol. The Morgan fingerprint density at radius 3 is 2.18 bits per heavy atom. The van der Waals surface area contributed by atoms with Gasteiger partial charge in [0.25, 0.3) is 0 Å². The third-order valence-electron chi connectivity index (χ3n) is 4.67. The van der Waals surface area contributed by atoms with Gasteiger partial charge in [0.15, 0.2) is 5.78 Å². The molecule has 0 saturated heterocycles. The quantitative estimate of drug-likeness (QED) is 0.536. The fourth-order valence-corrected chi connectivity index (χ4v) is 3.44. The van der Waals surface area contributed by atoms with Crippen LogP contribution in [0, 0.1) is 5.92 Å². The van der Waals surface area contributed by atoms with Crippen LogP contribution < -0.4 is 0 Å². The van der Waals surface area contributed by atoms with Crippen molar-refractivity contribution in [3.8, 4) is 0 Å². The Morgan fingerprint density at radius 1 is 0.964 bits per heavy atom. The van der Waals surface area contributed by atoms with Gasteiger partial charge in [0.1, 0.15) is 11.5 Å². The molecular formula is C25H26O3. The summed E-state index contributed by atoms with van der Waals surface area (Å²) in [7, 11) is 0. The van der Waals surface area contributed by atoms with Crippen LogP contribution in [0.25, 0.3) is 6.08 Å². The summed E-state index contributed by atoms with van der Waals surface area (Å²) in [6.45, 7) is 5.46. The first-order valence-corrected chi connectivity index (χ1v) is 9.59. The van der Waals surface area contributed by atoms with Gasteiger partial charge >= 0.3 is 5.97 Å². The highest BCUT2D eigenvalue weighted by atomic mass is 16.6. The molecule has 3 rings (SSSR count). The highest BCUT2D eigenvalue weighted by Crippen LogP contribution is 2.38. The highest BCUT2D eigenvalue weighted by molar-refractivity contribution is 6.07. The number of carbonyl (C=O) groups is 2. The van der Waals surface area contributed by atoms with Gasteiger partial charge in [-0.25, -0.2) is 0 Å². The molecule has 3 nitrogen and oxygen atoms in total. The molecule has 0 unspecified atom stereocenters. The van der Waals surface area contributed by atoms with Crippen LogP contribution in [-0.4, -0.2) is 17.4 Å². The van der Waals surface area contributed by atoms with Crippen LogP contribution in [0.15, 0.2) is 78.4 Å². The maximum atomic E-state index is 12.9. The van der Waals surface area contributed by atoms with Gasteiger partial charge in [-0.05, 0) is 50.0 Å². The zero-order valence-electron chi connectivity index (χ0n) is 16.6. The SMILES string of the molecule is CC(C)(C)OC(=O)[C@@H]1C(=O)C=C(/C=C/c2ccccc2)C[C@H]1c1ccccc1. The Kier molecular flexibility index (Phi) is 5.93. The van der Waals surface area contributed by atoms with Crippen molar-refractivity contribution >= 4 is 17.8 Å². The molecule has 0 N–H and O–H groups in total. The van der Waals surface area contributed by atoms with E-state index in [0.717, 1.165) is 16.7 Å². The summed E-state index contributed by atoms with van der Waals surface area (Å²) in [5.41, 5.74) is 2.34. The minimum atomic E-state index is -0.810. The topological polar surface area (TPSA) is 43.4 Å². The summed E-state index contributed by atoms with van der Waals surface area (Å²) < 4.78 is 5.56. The van der Waals surface area contributed by atoms with Crippen molar-refractivity contribution in [2.75, 3.05) is 0 Å². The van der Waals surface area contributed by atoms with Gasteiger partial charge in [0.2, 0.25) is 0 Å². The number of ether oxygens (including phenoxy) is 1. The molecule has 0 saturated carbocycles. The van der Waals surface area contributed by atoms with Crippen molar-refractivity contribution in [2.24, 2.45) is 5.92 Å². The maximum absolute atomic E-state index is 12.9. The largest absolute Gasteiger partial charge is 0.459 e. The number of ketones is 1. The fraction of sp³-hybridized carbons (Fsp3) is 0.280. The van der Waals surface area contributed by atoms with Gasteiger partial charge in [0, 0.05) is 5.92 Å².